The summed E-state index contributed by atoms with van der Waals surface area (Å²) in [6.45, 7) is 8.98. The average molecular weight is 502 g/mol. The number of carbonyl (C=O) groups is 1. The predicted molar refractivity (Wildman–Crippen MR) is 127 cm³/mol. The summed E-state index contributed by atoms with van der Waals surface area (Å²) in [5, 5.41) is 6.68. The first kappa shape index (κ1) is 24.6. The molecular formula is C24H22F3N5O2S. The minimum absolute atomic E-state index is 0.0218. The second kappa shape index (κ2) is 10.4. The Morgan fingerprint density at radius 3 is 2.57 bits per heavy atom. The highest BCUT2D eigenvalue weighted by atomic mass is 32.1. The number of nitrogens with one attached hydrogen (secondary N) is 2. The van der Waals surface area contributed by atoms with Crippen LogP contribution in [0.25, 0.3) is 16.6 Å². The van der Waals surface area contributed by atoms with E-state index in [1.54, 1.807) is 24.4 Å². The van der Waals surface area contributed by atoms with Gasteiger partial charge in [0.2, 0.25) is 5.82 Å². The molecule has 1 amide bonds. The van der Waals surface area contributed by atoms with E-state index in [0.717, 1.165) is 30.2 Å². The zero-order valence-corrected chi connectivity index (χ0v) is 19.3. The maximum Gasteiger partial charge on any atom is 0.451 e. The first-order chi connectivity index (χ1) is 16.8. The van der Waals surface area contributed by atoms with Gasteiger partial charge in [0.05, 0.1) is 6.04 Å². The van der Waals surface area contributed by atoms with E-state index in [1.165, 1.54) is 17.4 Å². The van der Waals surface area contributed by atoms with Crippen molar-refractivity contribution in [3.8, 4) is 16.3 Å². The molecule has 1 aliphatic heterocycles. The molecule has 0 unspecified atom stereocenters. The van der Waals surface area contributed by atoms with Crippen LogP contribution in [0.2, 0.25) is 0 Å². The van der Waals surface area contributed by atoms with Gasteiger partial charge in [-0.2, -0.15) is 13.2 Å². The van der Waals surface area contributed by atoms with Crippen molar-refractivity contribution in [1.82, 2.24) is 25.6 Å². The van der Waals surface area contributed by atoms with E-state index in [1.807, 2.05) is 6.07 Å². The Labute approximate surface area is 203 Å². The molecule has 2 atom stereocenters. The topological polar surface area (TPSA) is 89.0 Å². The highest BCUT2D eigenvalue weighted by molar-refractivity contribution is 7.15. The number of halogens is 3. The molecule has 35 heavy (non-hydrogen) atoms. The summed E-state index contributed by atoms with van der Waals surface area (Å²) in [4.78, 5) is 25.2. The molecule has 0 radical (unpaired) electrons. The normalized spacial score (nSPS) is 16.5. The molecule has 182 valence electrons. The third kappa shape index (κ3) is 5.92. The van der Waals surface area contributed by atoms with Crippen LogP contribution in [0.1, 0.15) is 39.1 Å². The summed E-state index contributed by atoms with van der Waals surface area (Å²) >= 11 is 1.42. The summed E-state index contributed by atoms with van der Waals surface area (Å²) in [5.74, 6) is -1.20. The SMILES string of the molecule is C=Cc1cnc(-c2cc(O[C@H]3CCNC3)cc(C(=O)N[C@H](C=C)c3cnc(C(F)(F)F)nc3)c2)s1. The Balaban J connectivity index is 1.60. The Morgan fingerprint density at radius 2 is 1.97 bits per heavy atom. The molecular weight excluding hydrogens is 479 g/mol. The van der Waals surface area contributed by atoms with Gasteiger partial charge in [-0.25, -0.2) is 15.0 Å². The standard InChI is InChI=1S/C24H22F3N5O2S/c1-3-19-13-29-22(35-19)15-7-14(8-18(9-15)34-17-5-6-28-12-17)21(33)32-20(4-2)16-10-30-23(31-11-16)24(25,26)27/h3-4,7-11,13,17,20,28H,1-2,5-6,12H2,(H,32,33)/t17-,20+/m0/s1. The number of alkyl halides is 3. The van der Waals surface area contributed by atoms with Crippen LogP contribution in [-0.2, 0) is 6.18 Å². The summed E-state index contributed by atoms with van der Waals surface area (Å²) in [6, 6.07) is 4.34. The molecule has 3 aromatic rings. The Morgan fingerprint density at radius 1 is 1.20 bits per heavy atom. The van der Waals surface area contributed by atoms with Gasteiger partial charge in [0.1, 0.15) is 16.9 Å². The molecule has 7 nitrogen and oxygen atoms in total. The Hall–Kier alpha value is -3.57. The van der Waals surface area contributed by atoms with Gasteiger partial charge in [-0.15, -0.1) is 17.9 Å². The van der Waals surface area contributed by atoms with Crippen molar-refractivity contribution in [1.29, 1.82) is 0 Å². The van der Waals surface area contributed by atoms with Crippen LogP contribution in [0.3, 0.4) is 0 Å². The van der Waals surface area contributed by atoms with Crippen LogP contribution < -0.4 is 15.4 Å². The fourth-order valence-corrected chi connectivity index (χ4v) is 4.26. The maximum absolute atomic E-state index is 13.2. The van der Waals surface area contributed by atoms with Gasteiger partial charge in [-0.1, -0.05) is 18.7 Å². The smallest absolute Gasteiger partial charge is 0.451 e. The molecule has 11 heteroatoms. The molecule has 1 aliphatic rings. The number of amides is 1. The molecule has 4 rings (SSSR count). The average Bonchev–Trinajstić information content (AvgIpc) is 3.54. The lowest BCUT2D eigenvalue weighted by atomic mass is 10.1. The second-order valence-electron chi connectivity index (χ2n) is 7.78. The number of benzene rings is 1. The Kier molecular flexibility index (Phi) is 7.27. The van der Waals surface area contributed by atoms with Gasteiger partial charge in [-0.3, -0.25) is 4.79 Å². The number of ether oxygens (including phenoxy) is 1. The number of hydrogen-bond acceptors (Lipinski definition) is 7. The summed E-state index contributed by atoms with van der Waals surface area (Å²) in [5.41, 5.74) is 1.27. The molecule has 0 saturated carbocycles. The lowest BCUT2D eigenvalue weighted by molar-refractivity contribution is -0.145. The molecule has 0 aliphatic carbocycles. The molecule has 1 fully saturated rings. The van der Waals surface area contributed by atoms with Crippen molar-refractivity contribution in [2.24, 2.45) is 0 Å². The zero-order valence-electron chi connectivity index (χ0n) is 18.5. The quantitative estimate of drug-likeness (QED) is 0.437. The van der Waals surface area contributed by atoms with Crippen molar-refractivity contribution in [2.75, 3.05) is 13.1 Å². The number of aromatic nitrogens is 3. The van der Waals surface area contributed by atoms with E-state index in [2.05, 4.69) is 38.7 Å². The van der Waals surface area contributed by atoms with Crippen LogP contribution in [0.5, 0.6) is 5.75 Å². The predicted octanol–water partition coefficient (Wildman–Crippen LogP) is 4.66. The summed E-state index contributed by atoms with van der Waals surface area (Å²) < 4.78 is 44.4. The van der Waals surface area contributed by atoms with Crippen molar-refractivity contribution in [2.45, 2.75) is 24.7 Å². The van der Waals surface area contributed by atoms with Gasteiger partial charge in [0.25, 0.3) is 5.91 Å². The summed E-state index contributed by atoms with van der Waals surface area (Å²) in [7, 11) is 0. The van der Waals surface area contributed by atoms with Crippen LogP contribution in [0.15, 0.2) is 56.0 Å². The molecule has 0 bridgehead atoms. The van der Waals surface area contributed by atoms with Gasteiger partial charge in [0, 0.05) is 46.7 Å². The lowest BCUT2D eigenvalue weighted by Crippen LogP contribution is -2.28. The number of rotatable bonds is 8. The second-order valence-corrected chi connectivity index (χ2v) is 8.84. The first-order valence-corrected chi connectivity index (χ1v) is 11.5. The molecule has 3 heterocycles. The maximum atomic E-state index is 13.2. The van der Waals surface area contributed by atoms with E-state index in [-0.39, 0.29) is 11.7 Å². The monoisotopic (exact) mass is 501 g/mol. The first-order valence-electron chi connectivity index (χ1n) is 10.7. The lowest BCUT2D eigenvalue weighted by Gasteiger charge is -2.17. The van der Waals surface area contributed by atoms with Gasteiger partial charge in [0.15, 0.2) is 0 Å². The fraction of sp³-hybridized carbons (Fsp3) is 0.250. The van der Waals surface area contributed by atoms with E-state index >= 15 is 0 Å². The third-order valence-electron chi connectivity index (χ3n) is 5.27. The van der Waals surface area contributed by atoms with Crippen molar-refractivity contribution in [3.05, 3.63) is 77.9 Å². The van der Waals surface area contributed by atoms with Crippen LogP contribution in [0.4, 0.5) is 13.2 Å². The third-order valence-corrected chi connectivity index (χ3v) is 6.31. The van der Waals surface area contributed by atoms with Crippen molar-refractivity contribution >= 4 is 23.3 Å². The number of hydrogen-bond donors (Lipinski definition) is 2. The number of carbonyl (C=O) groups excluding carboxylic acids is 1. The molecule has 2 aromatic heterocycles. The van der Waals surface area contributed by atoms with Crippen molar-refractivity contribution in [3.63, 3.8) is 0 Å². The van der Waals surface area contributed by atoms with E-state index in [9.17, 15) is 18.0 Å². The number of nitrogens with zero attached hydrogens (tertiary/aromatic N) is 3. The van der Waals surface area contributed by atoms with Crippen molar-refractivity contribution < 1.29 is 22.7 Å². The minimum Gasteiger partial charge on any atom is -0.489 e. The molecule has 1 saturated heterocycles. The zero-order chi connectivity index (χ0) is 25.0. The number of thiazole rings is 1. The molecule has 1 aromatic carbocycles. The van der Waals surface area contributed by atoms with Gasteiger partial charge < -0.3 is 15.4 Å². The highest BCUT2D eigenvalue weighted by Crippen LogP contribution is 2.31. The van der Waals surface area contributed by atoms with E-state index in [4.69, 9.17) is 4.74 Å². The molecule has 0 spiro atoms. The fourth-order valence-electron chi connectivity index (χ4n) is 3.51. The van der Waals surface area contributed by atoms with Crippen LogP contribution >= 0.6 is 11.3 Å². The Bertz CT molecular complexity index is 1220. The highest BCUT2D eigenvalue weighted by Gasteiger charge is 2.34. The van der Waals surface area contributed by atoms with Crippen LogP contribution in [0, 0.1) is 0 Å². The van der Waals surface area contributed by atoms with Gasteiger partial charge in [-0.05, 0) is 31.2 Å². The summed E-state index contributed by atoms with van der Waals surface area (Å²) in [6.07, 6.45) is 2.99. The van der Waals surface area contributed by atoms with Crippen LogP contribution in [-0.4, -0.2) is 40.1 Å². The van der Waals surface area contributed by atoms with E-state index < -0.39 is 23.9 Å². The van der Waals surface area contributed by atoms with Gasteiger partial charge >= 0.3 is 6.18 Å². The minimum atomic E-state index is -4.65. The largest absolute Gasteiger partial charge is 0.489 e. The molecule has 2 N–H and O–H groups in total. The van der Waals surface area contributed by atoms with E-state index in [0.29, 0.717) is 28.4 Å².